The van der Waals surface area contributed by atoms with E-state index in [1.165, 1.54) is 0 Å². The molecule has 1 aliphatic carbocycles. The number of fused-ring (bicyclic) bond motifs is 3. The minimum atomic E-state index is -0.478. The van der Waals surface area contributed by atoms with Crippen LogP contribution in [-0.4, -0.2) is 25.5 Å². The lowest BCUT2D eigenvalue weighted by molar-refractivity contribution is -0.161. The Labute approximate surface area is 134 Å². The van der Waals surface area contributed by atoms with Crippen LogP contribution in [0.3, 0.4) is 0 Å². The summed E-state index contributed by atoms with van der Waals surface area (Å²) in [6, 6.07) is 9.97. The van der Waals surface area contributed by atoms with Crippen molar-refractivity contribution >= 4 is 5.97 Å². The molecule has 120 valence electrons. The van der Waals surface area contributed by atoms with E-state index in [0.29, 0.717) is 18.8 Å². The van der Waals surface area contributed by atoms with E-state index < -0.39 is 6.29 Å². The first-order valence-corrected chi connectivity index (χ1v) is 7.73. The van der Waals surface area contributed by atoms with Gasteiger partial charge < -0.3 is 18.9 Å². The van der Waals surface area contributed by atoms with Gasteiger partial charge in [-0.25, -0.2) is 0 Å². The molecule has 5 heteroatoms. The van der Waals surface area contributed by atoms with Gasteiger partial charge in [-0.2, -0.15) is 0 Å². The summed E-state index contributed by atoms with van der Waals surface area (Å²) in [6.07, 6.45) is 3.52. The van der Waals surface area contributed by atoms with Crippen molar-refractivity contribution in [3.8, 4) is 0 Å². The Bertz CT molecular complexity index is 663. The van der Waals surface area contributed by atoms with Crippen molar-refractivity contribution in [3.05, 3.63) is 59.6 Å². The van der Waals surface area contributed by atoms with Crippen LogP contribution in [0.5, 0.6) is 0 Å². The van der Waals surface area contributed by atoms with Gasteiger partial charge in [-0.1, -0.05) is 30.3 Å². The molecule has 1 aromatic rings. The summed E-state index contributed by atoms with van der Waals surface area (Å²) in [7, 11) is 1.62. The first kappa shape index (κ1) is 14.3. The topological polar surface area (TPSA) is 54.0 Å². The fourth-order valence-corrected chi connectivity index (χ4v) is 3.43. The Morgan fingerprint density at radius 3 is 2.87 bits per heavy atom. The second-order valence-electron chi connectivity index (χ2n) is 5.95. The van der Waals surface area contributed by atoms with Gasteiger partial charge in [0.05, 0.1) is 25.6 Å². The molecule has 0 spiro atoms. The number of rotatable bonds is 4. The zero-order chi connectivity index (χ0) is 15.8. The predicted molar refractivity (Wildman–Crippen MR) is 80.8 cm³/mol. The highest BCUT2D eigenvalue weighted by atomic mass is 16.7. The van der Waals surface area contributed by atoms with Gasteiger partial charge in [0, 0.05) is 12.0 Å². The standard InChI is InChI=1S/C18H18O5/c1-20-12-7-14(21-10-11-5-3-2-4-6-11)17-13-9-16(19)23-18(13)22-15(17)8-12/h2-8,13,15,17-18H,9-10H2,1H3/t13-,15-,17-,18-/m0/s1. The molecule has 23 heavy (non-hydrogen) atoms. The molecule has 5 nitrogen and oxygen atoms in total. The van der Waals surface area contributed by atoms with Gasteiger partial charge in [0.25, 0.3) is 0 Å². The largest absolute Gasteiger partial charge is 0.497 e. The molecule has 0 N–H and O–H groups in total. The quantitative estimate of drug-likeness (QED) is 0.799. The summed E-state index contributed by atoms with van der Waals surface area (Å²) in [6.45, 7) is 0.471. The second-order valence-corrected chi connectivity index (χ2v) is 5.95. The normalized spacial score (nSPS) is 31.6. The Morgan fingerprint density at radius 1 is 1.26 bits per heavy atom. The number of methoxy groups -OCH3 is 1. The molecule has 0 aromatic heterocycles. The van der Waals surface area contributed by atoms with Crippen LogP contribution in [0.4, 0.5) is 0 Å². The number of esters is 1. The highest BCUT2D eigenvalue weighted by molar-refractivity contribution is 5.72. The molecule has 0 amide bonds. The van der Waals surface area contributed by atoms with Crippen molar-refractivity contribution in [3.63, 3.8) is 0 Å². The van der Waals surface area contributed by atoms with E-state index in [9.17, 15) is 4.79 Å². The maximum Gasteiger partial charge on any atom is 0.308 e. The highest BCUT2D eigenvalue weighted by Crippen LogP contribution is 2.47. The molecule has 0 bridgehead atoms. The van der Waals surface area contributed by atoms with E-state index in [-0.39, 0.29) is 23.9 Å². The van der Waals surface area contributed by atoms with E-state index in [1.807, 2.05) is 42.5 Å². The lowest BCUT2D eigenvalue weighted by Gasteiger charge is -2.26. The van der Waals surface area contributed by atoms with Crippen LogP contribution >= 0.6 is 0 Å². The third kappa shape index (κ3) is 2.61. The molecule has 0 saturated carbocycles. The minimum Gasteiger partial charge on any atom is -0.497 e. The molecule has 4 rings (SSSR count). The fourth-order valence-electron chi connectivity index (χ4n) is 3.43. The van der Waals surface area contributed by atoms with Crippen LogP contribution in [0.2, 0.25) is 0 Å². The van der Waals surface area contributed by atoms with Crippen LogP contribution < -0.4 is 0 Å². The van der Waals surface area contributed by atoms with E-state index in [0.717, 1.165) is 11.3 Å². The lowest BCUT2D eigenvalue weighted by atomic mass is 9.84. The number of benzene rings is 1. The number of allylic oxidation sites excluding steroid dienone is 1. The minimum absolute atomic E-state index is 0.00387. The number of hydrogen-bond donors (Lipinski definition) is 0. The van der Waals surface area contributed by atoms with Crippen molar-refractivity contribution in [2.24, 2.45) is 11.8 Å². The van der Waals surface area contributed by atoms with Crippen LogP contribution in [0.25, 0.3) is 0 Å². The lowest BCUT2D eigenvalue weighted by Crippen LogP contribution is -2.26. The summed E-state index contributed by atoms with van der Waals surface area (Å²) in [4.78, 5) is 11.5. The van der Waals surface area contributed by atoms with Gasteiger partial charge in [0.1, 0.15) is 18.1 Å². The number of ether oxygens (including phenoxy) is 4. The van der Waals surface area contributed by atoms with Gasteiger partial charge in [-0.05, 0) is 11.6 Å². The Morgan fingerprint density at radius 2 is 2.09 bits per heavy atom. The Hall–Kier alpha value is -2.27. The fraction of sp³-hybridized carbons (Fsp3) is 0.389. The van der Waals surface area contributed by atoms with Crippen molar-refractivity contribution < 1.29 is 23.7 Å². The van der Waals surface area contributed by atoms with Crippen LogP contribution in [-0.2, 0) is 30.3 Å². The average Bonchev–Trinajstić information content (AvgIpc) is 3.08. The van der Waals surface area contributed by atoms with Crippen molar-refractivity contribution in [2.45, 2.75) is 25.4 Å². The molecule has 2 fully saturated rings. The summed E-state index contributed by atoms with van der Waals surface area (Å²) in [5.74, 6) is 1.30. The van der Waals surface area contributed by atoms with E-state index in [1.54, 1.807) is 7.11 Å². The van der Waals surface area contributed by atoms with Crippen molar-refractivity contribution in [2.75, 3.05) is 7.11 Å². The van der Waals surface area contributed by atoms with E-state index >= 15 is 0 Å². The summed E-state index contributed by atoms with van der Waals surface area (Å²) < 4.78 is 22.5. The summed E-state index contributed by atoms with van der Waals surface area (Å²) >= 11 is 0. The van der Waals surface area contributed by atoms with Crippen molar-refractivity contribution in [1.82, 2.24) is 0 Å². The average molecular weight is 314 g/mol. The summed E-state index contributed by atoms with van der Waals surface area (Å²) in [5, 5.41) is 0. The van der Waals surface area contributed by atoms with Gasteiger partial charge in [0.2, 0.25) is 6.29 Å². The van der Waals surface area contributed by atoms with Crippen LogP contribution in [0.1, 0.15) is 12.0 Å². The molecule has 1 aromatic carbocycles. The van der Waals surface area contributed by atoms with Gasteiger partial charge in [-0.15, -0.1) is 0 Å². The SMILES string of the molecule is COC1=C[C@@H]2O[C@H]3OC(=O)C[C@H]3[C@H]2C(OCc2ccccc2)=C1. The molecule has 0 radical (unpaired) electrons. The maximum atomic E-state index is 11.5. The van der Waals surface area contributed by atoms with E-state index in [2.05, 4.69) is 0 Å². The molecule has 3 aliphatic rings. The number of hydrogen-bond acceptors (Lipinski definition) is 5. The summed E-state index contributed by atoms with van der Waals surface area (Å²) in [5.41, 5.74) is 1.09. The molecule has 4 atom stereocenters. The molecule has 0 unspecified atom stereocenters. The predicted octanol–water partition coefficient (Wildman–Crippen LogP) is 2.54. The van der Waals surface area contributed by atoms with Gasteiger partial charge >= 0.3 is 5.97 Å². The first-order chi connectivity index (χ1) is 11.2. The second kappa shape index (κ2) is 5.74. The van der Waals surface area contributed by atoms with Gasteiger partial charge in [-0.3, -0.25) is 4.79 Å². The Balaban J connectivity index is 1.56. The number of carbonyl (C=O) groups excluding carboxylic acids is 1. The number of carbonyl (C=O) groups is 1. The van der Waals surface area contributed by atoms with Crippen LogP contribution in [0.15, 0.2) is 54.0 Å². The zero-order valence-corrected chi connectivity index (χ0v) is 12.8. The zero-order valence-electron chi connectivity index (χ0n) is 12.8. The highest BCUT2D eigenvalue weighted by Gasteiger charge is 2.53. The maximum absolute atomic E-state index is 11.5. The molecule has 2 saturated heterocycles. The Kier molecular flexibility index (Phi) is 3.58. The third-order valence-corrected chi connectivity index (χ3v) is 4.53. The first-order valence-electron chi connectivity index (χ1n) is 7.73. The molecular weight excluding hydrogens is 296 g/mol. The van der Waals surface area contributed by atoms with Crippen molar-refractivity contribution in [1.29, 1.82) is 0 Å². The molecule has 2 aliphatic heterocycles. The third-order valence-electron chi connectivity index (χ3n) is 4.53. The van der Waals surface area contributed by atoms with Crippen LogP contribution in [0, 0.1) is 11.8 Å². The monoisotopic (exact) mass is 314 g/mol. The molecule has 2 heterocycles. The van der Waals surface area contributed by atoms with Gasteiger partial charge in [0.15, 0.2) is 0 Å². The molecular formula is C18H18O5. The van der Waals surface area contributed by atoms with E-state index in [4.69, 9.17) is 18.9 Å². The smallest absolute Gasteiger partial charge is 0.308 e.